The quantitative estimate of drug-likeness (QED) is 0.703. The molecule has 1 aromatic carbocycles. The molecule has 0 saturated carbocycles. The van der Waals surface area contributed by atoms with Gasteiger partial charge >= 0.3 is 0 Å². The van der Waals surface area contributed by atoms with Crippen molar-refractivity contribution in [3.63, 3.8) is 0 Å². The maximum Gasteiger partial charge on any atom is 0.119 e. The molecule has 1 aromatic rings. The maximum atomic E-state index is 5.85. The van der Waals surface area contributed by atoms with Crippen LogP contribution in [-0.2, 0) is 0 Å². The average Bonchev–Trinajstić information content (AvgIpc) is 3.03. The summed E-state index contributed by atoms with van der Waals surface area (Å²) in [6.45, 7) is 9.93. The van der Waals surface area contributed by atoms with Crippen LogP contribution in [0.2, 0.25) is 0 Å². The van der Waals surface area contributed by atoms with E-state index >= 15 is 0 Å². The molecule has 1 saturated heterocycles. The lowest BCUT2D eigenvalue weighted by Gasteiger charge is -2.17. The lowest BCUT2D eigenvalue weighted by atomic mass is 10.0. The van der Waals surface area contributed by atoms with E-state index in [1.165, 1.54) is 38.0 Å². The smallest absolute Gasteiger partial charge is 0.119 e. The van der Waals surface area contributed by atoms with Crippen molar-refractivity contribution in [2.45, 2.75) is 45.6 Å². The van der Waals surface area contributed by atoms with Crippen molar-refractivity contribution in [1.29, 1.82) is 0 Å². The molecule has 1 unspecified atom stereocenters. The van der Waals surface area contributed by atoms with Crippen molar-refractivity contribution in [3.05, 3.63) is 29.8 Å². The Hall–Kier alpha value is -1.06. The third kappa shape index (κ3) is 5.33. The highest BCUT2D eigenvalue weighted by Gasteiger charge is 2.10. The Balaban J connectivity index is 1.71. The second kappa shape index (κ2) is 9.06. The fourth-order valence-electron chi connectivity index (χ4n) is 3.03. The molecule has 118 valence electrons. The maximum absolute atomic E-state index is 5.85. The van der Waals surface area contributed by atoms with Gasteiger partial charge in [-0.3, -0.25) is 0 Å². The summed E-state index contributed by atoms with van der Waals surface area (Å²) in [5, 5.41) is 3.51. The van der Waals surface area contributed by atoms with Gasteiger partial charge in [0.05, 0.1) is 6.61 Å². The fourth-order valence-corrected chi connectivity index (χ4v) is 3.03. The molecular weight excluding hydrogens is 260 g/mol. The first-order valence-electron chi connectivity index (χ1n) is 8.52. The van der Waals surface area contributed by atoms with Crippen molar-refractivity contribution < 1.29 is 4.74 Å². The van der Waals surface area contributed by atoms with Crippen molar-refractivity contribution in [2.75, 3.05) is 32.8 Å². The second-order valence-corrected chi connectivity index (χ2v) is 5.84. The van der Waals surface area contributed by atoms with E-state index < -0.39 is 0 Å². The van der Waals surface area contributed by atoms with Crippen LogP contribution in [-0.4, -0.2) is 37.7 Å². The van der Waals surface area contributed by atoms with E-state index in [1.807, 2.05) is 0 Å². The van der Waals surface area contributed by atoms with Crippen LogP contribution >= 0.6 is 0 Å². The molecule has 0 aliphatic carbocycles. The van der Waals surface area contributed by atoms with Gasteiger partial charge in [0.25, 0.3) is 0 Å². The summed E-state index contributed by atoms with van der Waals surface area (Å²) in [6, 6.07) is 9.04. The minimum atomic E-state index is 0.458. The Morgan fingerprint density at radius 2 is 1.86 bits per heavy atom. The van der Waals surface area contributed by atoms with Gasteiger partial charge in [0.2, 0.25) is 0 Å². The average molecular weight is 290 g/mol. The highest BCUT2D eigenvalue weighted by atomic mass is 16.5. The standard InChI is InChI=1S/C18H30N2O/c1-3-18(19-4-2)16-8-10-17(11-9-16)21-15-7-14-20-12-5-6-13-20/h8-11,18-19H,3-7,12-15H2,1-2H3. The van der Waals surface area contributed by atoms with Crippen LogP contribution in [0.25, 0.3) is 0 Å². The van der Waals surface area contributed by atoms with Crippen LogP contribution in [0.5, 0.6) is 5.75 Å². The van der Waals surface area contributed by atoms with Crippen LogP contribution in [0.3, 0.4) is 0 Å². The van der Waals surface area contributed by atoms with Crippen LogP contribution in [0.1, 0.15) is 51.1 Å². The predicted octanol–water partition coefficient (Wildman–Crippen LogP) is 3.61. The minimum Gasteiger partial charge on any atom is -0.494 e. The number of hydrogen-bond donors (Lipinski definition) is 1. The minimum absolute atomic E-state index is 0.458. The third-order valence-electron chi connectivity index (χ3n) is 4.23. The normalized spacial score (nSPS) is 17.0. The van der Waals surface area contributed by atoms with Crippen LogP contribution in [0.15, 0.2) is 24.3 Å². The van der Waals surface area contributed by atoms with Gasteiger partial charge in [0, 0.05) is 12.6 Å². The summed E-state index contributed by atoms with van der Waals surface area (Å²) in [5.41, 5.74) is 1.35. The van der Waals surface area contributed by atoms with Crippen LogP contribution < -0.4 is 10.1 Å². The molecule has 3 heteroatoms. The SMILES string of the molecule is CCNC(CC)c1ccc(OCCCN2CCCC2)cc1. The molecule has 1 fully saturated rings. The van der Waals surface area contributed by atoms with Crippen molar-refractivity contribution in [1.82, 2.24) is 10.2 Å². The second-order valence-electron chi connectivity index (χ2n) is 5.84. The zero-order chi connectivity index (χ0) is 14.9. The Morgan fingerprint density at radius 1 is 1.14 bits per heavy atom. The number of rotatable bonds is 9. The molecule has 21 heavy (non-hydrogen) atoms. The molecule has 0 bridgehead atoms. The van der Waals surface area contributed by atoms with Crippen molar-refractivity contribution in [2.24, 2.45) is 0 Å². The predicted molar refractivity (Wildman–Crippen MR) is 88.9 cm³/mol. The molecular formula is C18H30N2O. The Bertz CT molecular complexity index is 385. The first-order valence-corrected chi connectivity index (χ1v) is 8.52. The summed E-state index contributed by atoms with van der Waals surface area (Å²) in [4.78, 5) is 2.54. The summed E-state index contributed by atoms with van der Waals surface area (Å²) < 4.78 is 5.85. The van der Waals surface area contributed by atoms with Gasteiger partial charge in [-0.1, -0.05) is 26.0 Å². The van der Waals surface area contributed by atoms with E-state index in [1.54, 1.807) is 0 Å². The van der Waals surface area contributed by atoms with Gasteiger partial charge in [0.15, 0.2) is 0 Å². The highest BCUT2D eigenvalue weighted by Crippen LogP contribution is 2.20. The van der Waals surface area contributed by atoms with Crippen LogP contribution in [0.4, 0.5) is 0 Å². The summed E-state index contributed by atoms with van der Waals surface area (Å²) >= 11 is 0. The van der Waals surface area contributed by atoms with Gasteiger partial charge in [0.1, 0.15) is 5.75 Å². The lowest BCUT2D eigenvalue weighted by Crippen LogP contribution is -2.22. The molecule has 2 rings (SSSR count). The fraction of sp³-hybridized carbons (Fsp3) is 0.667. The number of likely N-dealkylation sites (tertiary alicyclic amines) is 1. The topological polar surface area (TPSA) is 24.5 Å². The molecule has 1 atom stereocenters. The molecule has 0 amide bonds. The van der Waals surface area contributed by atoms with E-state index in [9.17, 15) is 0 Å². The molecule has 3 nitrogen and oxygen atoms in total. The van der Waals surface area contributed by atoms with E-state index in [0.29, 0.717) is 6.04 Å². The van der Waals surface area contributed by atoms with Crippen molar-refractivity contribution >= 4 is 0 Å². The number of nitrogens with one attached hydrogen (secondary N) is 1. The van der Waals surface area contributed by atoms with E-state index in [4.69, 9.17) is 4.74 Å². The Morgan fingerprint density at radius 3 is 2.48 bits per heavy atom. The lowest BCUT2D eigenvalue weighted by molar-refractivity contribution is 0.263. The van der Waals surface area contributed by atoms with Gasteiger partial charge in [-0.25, -0.2) is 0 Å². The molecule has 1 aliphatic rings. The summed E-state index contributed by atoms with van der Waals surface area (Å²) in [7, 11) is 0. The summed E-state index contributed by atoms with van der Waals surface area (Å²) in [6.07, 6.45) is 4.97. The zero-order valence-corrected chi connectivity index (χ0v) is 13.6. The molecule has 1 heterocycles. The first kappa shape index (κ1) is 16.3. The highest BCUT2D eigenvalue weighted by molar-refractivity contribution is 5.29. The van der Waals surface area contributed by atoms with Crippen molar-refractivity contribution in [3.8, 4) is 5.75 Å². The van der Waals surface area contributed by atoms with Gasteiger partial charge in [-0.2, -0.15) is 0 Å². The molecule has 1 N–H and O–H groups in total. The largest absolute Gasteiger partial charge is 0.494 e. The third-order valence-corrected chi connectivity index (χ3v) is 4.23. The van der Waals surface area contributed by atoms with Crippen LogP contribution in [0, 0.1) is 0 Å². The Kier molecular flexibility index (Phi) is 7.04. The molecule has 1 aliphatic heterocycles. The number of ether oxygens (including phenoxy) is 1. The monoisotopic (exact) mass is 290 g/mol. The first-order chi connectivity index (χ1) is 10.3. The van der Waals surface area contributed by atoms with E-state index in [2.05, 4.69) is 48.3 Å². The molecule has 0 aromatic heterocycles. The molecule has 0 spiro atoms. The Labute approximate surface area is 129 Å². The zero-order valence-electron chi connectivity index (χ0n) is 13.6. The number of nitrogens with zero attached hydrogens (tertiary/aromatic N) is 1. The van der Waals surface area contributed by atoms with E-state index in [-0.39, 0.29) is 0 Å². The van der Waals surface area contributed by atoms with Gasteiger partial charge < -0.3 is 15.0 Å². The van der Waals surface area contributed by atoms with Gasteiger partial charge in [-0.05, 0) is 63.0 Å². The summed E-state index contributed by atoms with van der Waals surface area (Å²) in [5.74, 6) is 0.992. The molecule has 0 radical (unpaired) electrons. The van der Waals surface area contributed by atoms with E-state index in [0.717, 1.165) is 31.7 Å². The number of hydrogen-bond acceptors (Lipinski definition) is 3. The number of benzene rings is 1. The van der Waals surface area contributed by atoms with Gasteiger partial charge in [-0.15, -0.1) is 0 Å².